The van der Waals surface area contributed by atoms with Crippen molar-refractivity contribution in [1.29, 1.82) is 0 Å². The summed E-state index contributed by atoms with van der Waals surface area (Å²) in [6.07, 6.45) is 3.33. The van der Waals surface area contributed by atoms with Gasteiger partial charge in [-0.2, -0.15) is 0 Å². The molecule has 1 aromatic carbocycles. The Hall–Kier alpha value is -2.76. The summed E-state index contributed by atoms with van der Waals surface area (Å²) in [4.78, 5) is 29.7. The van der Waals surface area contributed by atoms with Gasteiger partial charge in [0.1, 0.15) is 12.3 Å². The first kappa shape index (κ1) is 17.6. The smallest absolute Gasteiger partial charge is 0.325 e. The maximum atomic E-state index is 12.5. The molecular weight excluding hydrogens is 306 g/mol. The number of ether oxygens (including phenoxy) is 1. The van der Waals surface area contributed by atoms with Crippen LogP contribution in [0.3, 0.4) is 0 Å². The summed E-state index contributed by atoms with van der Waals surface area (Å²) < 4.78 is 5.12. The zero-order valence-corrected chi connectivity index (χ0v) is 14.0. The summed E-state index contributed by atoms with van der Waals surface area (Å²) in [5.74, 6) is 0.627. The van der Waals surface area contributed by atoms with E-state index < -0.39 is 0 Å². The van der Waals surface area contributed by atoms with Crippen LogP contribution in [0.5, 0.6) is 5.75 Å². The fourth-order valence-corrected chi connectivity index (χ4v) is 2.58. The zero-order valence-electron chi connectivity index (χ0n) is 14.0. The topological polar surface area (TPSA) is 53.1 Å². The quantitative estimate of drug-likeness (QED) is 0.687. The fraction of sp³-hybridized carbons (Fsp3) is 0.333. The molecule has 0 radical (unpaired) electrons. The molecule has 0 saturated carbocycles. The van der Waals surface area contributed by atoms with Crippen LogP contribution in [-0.2, 0) is 4.79 Å². The molecule has 0 aromatic heterocycles. The van der Waals surface area contributed by atoms with E-state index in [0.717, 1.165) is 11.4 Å². The molecule has 1 saturated heterocycles. The second kappa shape index (κ2) is 8.19. The van der Waals surface area contributed by atoms with Gasteiger partial charge in [-0.25, -0.2) is 4.79 Å². The van der Waals surface area contributed by atoms with Gasteiger partial charge in [-0.1, -0.05) is 12.2 Å². The number of hydrogen-bond acceptors (Lipinski definition) is 3. The minimum atomic E-state index is -0.161. The normalized spacial score (nSPS) is 13.8. The van der Waals surface area contributed by atoms with Crippen LogP contribution in [0, 0.1) is 0 Å². The molecule has 1 aromatic rings. The van der Waals surface area contributed by atoms with E-state index in [1.165, 1.54) is 0 Å². The van der Waals surface area contributed by atoms with E-state index in [4.69, 9.17) is 4.74 Å². The molecule has 2 rings (SSSR count). The third kappa shape index (κ3) is 3.95. The number of anilines is 1. The number of rotatable bonds is 8. The Morgan fingerprint density at radius 2 is 1.83 bits per heavy atom. The van der Waals surface area contributed by atoms with Crippen molar-refractivity contribution in [3.8, 4) is 5.75 Å². The molecule has 1 heterocycles. The molecule has 24 heavy (non-hydrogen) atoms. The molecule has 0 atom stereocenters. The van der Waals surface area contributed by atoms with E-state index in [9.17, 15) is 9.59 Å². The Labute approximate surface area is 142 Å². The molecule has 1 fully saturated rings. The van der Waals surface area contributed by atoms with Gasteiger partial charge in [0, 0.05) is 31.9 Å². The van der Waals surface area contributed by atoms with E-state index in [2.05, 4.69) is 13.2 Å². The lowest BCUT2D eigenvalue weighted by Gasteiger charge is -2.23. The van der Waals surface area contributed by atoms with Crippen molar-refractivity contribution in [1.82, 2.24) is 9.80 Å². The SMILES string of the molecule is C=CCN(CC=C)C(=O)CN1CCN(c2ccc(OC)cc2)C1=O. The zero-order chi connectivity index (χ0) is 17.5. The Balaban J connectivity index is 2.01. The first-order chi connectivity index (χ1) is 11.6. The molecule has 6 nitrogen and oxygen atoms in total. The average Bonchev–Trinajstić information content (AvgIpc) is 2.95. The van der Waals surface area contributed by atoms with Gasteiger partial charge in [-0.3, -0.25) is 9.69 Å². The van der Waals surface area contributed by atoms with Crippen molar-refractivity contribution in [3.63, 3.8) is 0 Å². The van der Waals surface area contributed by atoms with Crippen LogP contribution in [0.1, 0.15) is 0 Å². The van der Waals surface area contributed by atoms with E-state index in [1.807, 2.05) is 24.3 Å². The predicted octanol–water partition coefficient (Wildman–Crippen LogP) is 2.14. The Kier molecular flexibility index (Phi) is 6.01. The van der Waals surface area contributed by atoms with Gasteiger partial charge in [0.2, 0.25) is 5.91 Å². The van der Waals surface area contributed by atoms with Crippen LogP contribution in [0.25, 0.3) is 0 Å². The molecule has 6 heteroatoms. The second-order valence-corrected chi connectivity index (χ2v) is 5.43. The van der Waals surface area contributed by atoms with Gasteiger partial charge in [0.15, 0.2) is 0 Å². The first-order valence-electron chi connectivity index (χ1n) is 7.80. The maximum Gasteiger partial charge on any atom is 0.325 e. The number of carbonyl (C=O) groups excluding carboxylic acids is 2. The number of methoxy groups -OCH3 is 1. The van der Waals surface area contributed by atoms with E-state index in [0.29, 0.717) is 26.2 Å². The van der Waals surface area contributed by atoms with Crippen molar-refractivity contribution in [3.05, 3.63) is 49.6 Å². The largest absolute Gasteiger partial charge is 0.497 e. The van der Waals surface area contributed by atoms with Crippen molar-refractivity contribution < 1.29 is 14.3 Å². The fourth-order valence-electron chi connectivity index (χ4n) is 2.58. The van der Waals surface area contributed by atoms with Gasteiger partial charge in [-0.05, 0) is 24.3 Å². The Morgan fingerprint density at radius 3 is 2.38 bits per heavy atom. The first-order valence-corrected chi connectivity index (χ1v) is 7.80. The van der Waals surface area contributed by atoms with Gasteiger partial charge in [-0.15, -0.1) is 13.2 Å². The molecular formula is C18H23N3O3. The highest BCUT2D eigenvalue weighted by atomic mass is 16.5. The van der Waals surface area contributed by atoms with Gasteiger partial charge in [0.25, 0.3) is 0 Å². The summed E-state index contributed by atoms with van der Waals surface area (Å²) in [7, 11) is 1.60. The van der Waals surface area contributed by atoms with Crippen LogP contribution < -0.4 is 9.64 Å². The number of hydrogen-bond donors (Lipinski definition) is 0. The van der Waals surface area contributed by atoms with Crippen LogP contribution >= 0.6 is 0 Å². The number of carbonyl (C=O) groups is 2. The third-order valence-corrected chi connectivity index (χ3v) is 3.86. The van der Waals surface area contributed by atoms with Crippen LogP contribution in [0.15, 0.2) is 49.6 Å². The Bertz CT molecular complexity index is 602. The summed E-state index contributed by atoms with van der Waals surface area (Å²) in [5.41, 5.74) is 0.796. The summed E-state index contributed by atoms with van der Waals surface area (Å²) in [6, 6.07) is 7.14. The molecule has 0 bridgehead atoms. The lowest BCUT2D eigenvalue weighted by atomic mass is 10.3. The monoisotopic (exact) mass is 329 g/mol. The lowest BCUT2D eigenvalue weighted by molar-refractivity contribution is -0.130. The Morgan fingerprint density at radius 1 is 1.21 bits per heavy atom. The van der Waals surface area contributed by atoms with E-state index in [-0.39, 0.29) is 18.5 Å². The van der Waals surface area contributed by atoms with Crippen LogP contribution in [0.2, 0.25) is 0 Å². The van der Waals surface area contributed by atoms with Crippen molar-refractivity contribution >= 4 is 17.6 Å². The lowest BCUT2D eigenvalue weighted by Crippen LogP contribution is -2.42. The molecule has 0 spiro atoms. The minimum absolute atomic E-state index is 0.0627. The van der Waals surface area contributed by atoms with Gasteiger partial charge in [0.05, 0.1) is 7.11 Å². The predicted molar refractivity (Wildman–Crippen MR) is 94.3 cm³/mol. The number of urea groups is 1. The van der Waals surface area contributed by atoms with Crippen molar-refractivity contribution in [2.75, 3.05) is 44.7 Å². The molecule has 0 unspecified atom stereocenters. The number of benzene rings is 1. The molecule has 1 aliphatic heterocycles. The molecule has 0 N–H and O–H groups in total. The maximum absolute atomic E-state index is 12.5. The molecule has 0 aliphatic carbocycles. The summed E-state index contributed by atoms with van der Waals surface area (Å²) in [5, 5.41) is 0. The highest BCUT2D eigenvalue weighted by molar-refractivity contribution is 5.96. The van der Waals surface area contributed by atoms with Crippen molar-refractivity contribution in [2.45, 2.75) is 0 Å². The van der Waals surface area contributed by atoms with Crippen molar-refractivity contribution in [2.24, 2.45) is 0 Å². The molecule has 128 valence electrons. The standard InChI is InChI=1S/C18H23N3O3/c1-4-10-19(11-5-2)17(22)14-20-12-13-21(18(20)23)15-6-8-16(24-3)9-7-15/h4-9H,1-2,10-14H2,3H3. The molecule has 3 amide bonds. The third-order valence-electron chi connectivity index (χ3n) is 3.86. The second-order valence-electron chi connectivity index (χ2n) is 5.43. The van der Waals surface area contributed by atoms with E-state index >= 15 is 0 Å². The van der Waals surface area contributed by atoms with Crippen LogP contribution in [-0.4, -0.2) is 61.6 Å². The highest BCUT2D eigenvalue weighted by Crippen LogP contribution is 2.23. The highest BCUT2D eigenvalue weighted by Gasteiger charge is 2.31. The van der Waals surface area contributed by atoms with Gasteiger partial charge >= 0.3 is 6.03 Å². The van der Waals surface area contributed by atoms with Gasteiger partial charge < -0.3 is 14.5 Å². The summed E-state index contributed by atoms with van der Waals surface area (Å²) >= 11 is 0. The average molecular weight is 329 g/mol. The summed E-state index contributed by atoms with van der Waals surface area (Å²) in [6.45, 7) is 9.32. The number of amides is 3. The number of nitrogens with zero attached hydrogens (tertiary/aromatic N) is 3. The minimum Gasteiger partial charge on any atom is -0.497 e. The van der Waals surface area contributed by atoms with E-state index in [1.54, 1.807) is 34.0 Å². The molecule has 1 aliphatic rings. The van der Waals surface area contributed by atoms with Crippen LogP contribution in [0.4, 0.5) is 10.5 Å².